The highest BCUT2D eigenvalue weighted by molar-refractivity contribution is 6.02. The molecule has 0 aliphatic carbocycles. The number of hydrazone groups is 1. The number of nitrogens with zero attached hydrogens (tertiary/aromatic N) is 2. The number of ether oxygens (including phenoxy) is 1. The van der Waals surface area contributed by atoms with Crippen LogP contribution in [-0.2, 0) is 9.53 Å². The average molecular weight is 335 g/mol. The highest BCUT2D eigenvalue weighted by Crippen LogP contribution is 2.14. The van der Waals surface area contributed by atoms with Crippen LogP contribution in [0.15, 0.2) is 29.4 Å². The van der Waals surface area contributed by atoms with Gasteiger partial charge in [-0.1, -0.05) is 19.4 Å². The van der Waals surface area contributed by atoms with Crippen LogP contribution in [0.5, 0.6) is 0 Å². The third kappa shape index (κ3) is 5.45. The predicted octanol–water partition coefficient (Wildman–Crippen LogP) is 2.68. The van der Waals surface area contributed by atoms with Crippen molar-refractivity contribution in [3.8, 4) is 0 Å². The third-order valence-corrected chi connectivity index (χ3v) is 3.31. The van der Waals surface area contributed by atoms with Crippen molar-refractivity contribution in [1.29, 1.82) is 0 Å². The monoisotopic (exact) mass is 335 g/mol. The number of non-ortho nitro benzene ring substituents is 1. The van der Waals surface area contributed by atoms with Gasteiger partial charge in [0.25, 0.3) is 11.6 Å². The molecule has 0 bridgehead atoms. The van der Waals surface area contributed by atoms with Crippen LogP contribution < -0.4 is 5.43 Å². The Morgan fingerprint density at radius 2 is 2.08 bits per heavy atom. The Hall–Kier alpha value is -2.77. The van der Waals surface area contributed by atoms with Gasteiger partial charge in [-0.05, 0) is 26.3 Å². The van der Waals surface area contributed by atoms with Gasteiger partial charge in [-0.3, -0.25) is 19.7 Å². The molecule has 0 fully saturated rings. The summed E-state index contributed by atoms with van der Waals surface area (Å²) >= 11 is 0. The van der Waals surface area contributed by atoms with Crippen LogP contribution >= 0.6 is 0 Å². The molecule has 0 heterocycles. The SMILES string of the molecule is CCC[C@H](C(=O)OCC)/C(C)=N/NC(=O)c1cccc([N+](=O)[O-])c1. The maximum absolute atomic E-state index is 12.0. The van der Waals surface area contributed by atoms with Crippen molar-refractivity contribution in [2.75, 3.05) is 6.61 Å². The van der Waals surface area contributed by atoms with Crippen LogP contribution in [0.4, 0.5) is 5.69 Å². The van der Waals surface area contributed by atoms with Gasteiger partial charge < -0.3 is 4.74 Å². The molecule has 0 saturated carbocycles. The molecule has 0 saturated heterocycles. The normalized spacial score (nSPS) is 12.4. The summed E-state index contributed by atoms with van der Waals surface area (Å²) in [6, 6.07) is 5.32. The smallest absolute Gasteiger partial charge is 0.314 e. The number of carbonyl (C=O) groups is 2. The highest BCUT2D eigenvalue weighted by Gasteiger charge is 2.22. The summed E-state index contributed by atoms with van der Waals surface area (Å²) in [7, 11) is 0. The Labute approximate surface area is 140 Å². The first kappa shape index (κ1) is 19.3. The zero-order valence-electron chi connectivity index (χ0n) is 13.9. The lowest BCUT2D eigenvalue weighted by Gasteiger charge is -2.14. The number of carbonyl (C=O) groups excluding carboxylic acids is 2. The van der Waals surface area contributed by atoms with E-state index >= 15 is 0 Å². The Morgan fingerprint density at radius 1 is 1.38 bits per heavy atom. The summed E-state index contributed by atoms with van der Waals surface area (Å²) in [4.78, 5) is 34.1. The van der Waals surface area contributed by atoms with E-state index in [2.05, 4.69) is 10.5 Å². The Bertz CT molecular complexity index is 642. The summed E-state index contributed by atoms with van der Waals surface area (Å²) in [6.45, 7) is 5.55. The van der Waals surface area contributed by atoms with E-state index in [1.165, 1.54) is 18.2 Å². The molecule has 0 spiro atoms. The second-order valence-electron chi connectivity index (χ2n) is 5.09. The Morgan fingerprint density at radius 3 is 2.67 bits per heavy atom. The van der Waals surface area contributed by atoms with Crippen molar-refractivity contribution in [1.82, 2.24) is 5.43 Å². The molecule has 0 aliphatic rings. The molecular weight excluding hydrogens is 314 g/mol. The maximum Gasteiger partial charge on any atom is 0.314 e. The molecule has 1 atom stereocenters. The molecule has 1 rings (SSSR count). The van der Waals surface area contributed by atoms with Gasteiger partial charge in [0.15, 0.2) is 0 Å². The van der Waals surface area contributed by atoms with E-state index in [0.717, 1.165) is 12.5 Å². The summed E-state index contributed by atoms with van der Waals surface area (Å²) in [5.74, 6) is -1.50. The second-order valence-corrected chi connectivity index (χ2v) is 5.09. The summed E-state index contributed by atoms with van der Waals surface area (Å²) in [6.07, 6.45) is 1.32. The van der Waals surface area contributed by atoms with Crippen LogP contribution in [0, 0.1) is 16.0 Å². The van der Waals surface area contributed by atoms with Crippen molar-refractivity contribution >= 4 is 23.3 Å². The molecule has 0 unspecified atom stereocenters. The molecule has 24 heavy (non-hydrogen) atoms. The predicted molar refractivity (Wildman–Crippen MR) is 88.7 cm³/mol. The molecule has 1 amide bonds. The summed E-state index contributed by atoms with van der Waals surface area (Å²) < 4.78 is 5.00. The van der Waals surface area contributed by atoms with Crippen LogP contribution in [0.2, 0.25) is 0 Å². The number of hydrogen-bond acceptors (Lipinski definition) is 6. The molecule has 130 valence electrons. The number of esters is 1. The van der Waals surface area contributed by atoms with E-state index < -0.39 is 16.7 Å². The molecule has 0 radical (unpaired) electrons. The number of nitro benzene ring substituents is 1. The van der Waals surface area contributed by atoms with Gasteiger partial charge in [-0.15, -0.1) is 0 Å². The van der Waals surface area contributed by atoms with Gasteiger partial charge in [0.05, 0.1) is 17.4 Å². The lowest BCUT2D eigenvalue weighted by atomic mass is 9.99. The van der Waals surface area contributed by atoms with Crippen molar-refractivity contribution in [3.05, 3.63) is 39.9 Å². The number of nitrogens with one attached hydrogen (secondary N) is 1. The number of hydrogen-bond donors (Lipinski definition) is 1. The van der Waals surface area contributed by atoms with E-state index in [9.17, 15) is 19.7 Å². The highest BCUT2D eigenvalue weighted by atomic mass is 16.6. The first-order valence-corrected chi connectivity index (χ1v) is 7.66. The number of nitro groups is 1. The van der Waals surface area contributed by atoms with Crippen LogP contribution in [-0.4, -0.2) is 29.1 Å². The maximum atomic E-state index is 12.0. The molecular formula is C16H21N3O5. The van der Waals surface area contributed by atoms with Crippen molar-refractivity contribution in [3.63, 3.8) is 0 Å². The minimum Gasteiger partial charge on any atom is -0.465 e. The molecule has 1 aromatic rings. The van der Waals surface area contributed by atoms with Crippen LogP contribution in [0.1, 0.15) is 44.0 Å². The fraction of sp³-hybridized carbons (Fsp3) is 0.438. The standard InChI is InChI=1S/C16H21N3O5/c1-4-7-14(16(21)24-5-2)11(3)17-18-15(20)12-8-6-9-13(10-12)19(22)23/h6,8-10,14H,4-5,7H2,1-3H3,(H,18,20)/b17-11+/t14-/m0/s1. The van der Waals surface area contributed by atoms with Gasteiger partial charge in [0.2, 0.25) is 0 Å². The zero-order valence-corrected chi connectivity index (χ0v) is 13.9. The molecule has 8 heteroatoms. The molecule has 0 aromatic heterocycles. The fourth-order valence-corrected chi connectivity index (χ4v) is 2.07. The number of rotatable bonds is 8. The number of amides is 1. The van der Waals surface area contributed by atoms with Gasteiger partial charge in [-0.25, -0.2) is 5.43 Å². The largest absolute Gasteiger partial charge is 0.465 e. The van der Waals surface area contributed by atoms with E-state index in [4.69, 9.17) is 4.74 Å². The topological polar surface area (TPSA) is 111 Å². The summed E-state index contributed by atoms with van der Waals surface area (Å²) in [5.41, 5.74) is 2.68. The second kappa shape index (κ2) is 9.39. The molecule has 0 aliphatic heterocycles. The first-order chi connectivity index (χ1) is 11.4. The molecule has 1 aromatic carbocycles. The molecule has 8 nitrogen and oxygen atoms in total. The van der Waals surface area contributed by atoms with E-state index in [1.807, 2.05) is 6.92 Å². The van der Waals surface area contributed by atoms with Gasteiger partial charge in [0, 0.05) is 23.4 Å². The quantitative estimate of drug-likeness (QED) is 0.340. The Balaban J connectivity index is 2.84. The van der Waals surface area contributed by atoms with Crippen molar-refractivity contribution in [2.45, 2.75) is 33.6 Å². The van der Waals surface area contributed by atoms with Crippen molar-refractivity contribution in [2.24, 2.45) is 11.0 Å². The van der Waals surface area contributed by atoms with Crippen molar-refractivity contribution < 1.29 is 19.2 Å². The van der Waals surface area contributed by atoms with E-state index in [-0.39, 0.29) is 23.8 Å². The van der Waals surface area contributed by atoms with E-state index in [1.54, 1.807) is 13.8 Å². The third-order valence-electron chi connectivity index (χ3n) is 3.31. The van der Waals surface area contributed by atoms with E-state index in [0.29, 0.717) is 12.1 Å². The fourth-order valence-electron chi connectivity index (χ4n) is 2.07. The minimum atomic E-state index is -0.586. The summed E-state index contributed by atoms with van der Waals surface area (Å²) in [5, 5.41) is 14.7. The average Bonchev–Trinajstić information content (AvgIpc) is 2.57. The van der Waals surface area contributed by atoms with Crippen LogP contribution in [0.3, 0.4) is 0 Å². The number of benzene rings is 1. The van der Waals surface area contributed by atoms with Gasteiger partial charge in [0.1, 0.15) is 0 Å². The first-order valence-electron chi connectivity index (χ1n) is 7.66. The lowest BCUT2D eigenvalue weighted by molar-refractivity contribution is -0.384. The minimum absolute atomic E-state index is 0.115. The lowest BCUT2D eigenvalue weighted by Crippen LogP contribution is -2.28. The molecule has 1 N–H and O–H groups in total. The van der Waals surface area contributed by atoms with Gasteiger partial charge >= 0.3 is 5.97 Å². The van der Waals surface area contributed by atoms with Gasteiger partial charge in [-0.2, -0.15) is 5.10 Å². The Kier molecular flexibility index (Phi) is 7.54. The van der Waals surface area contributed by atoms with Crippen LogP contribution in [0.25, 0.3) is 0 Å². The zero-order chi connectivity index (χ0) is 18.1.